The molecule has 2 aromatic heterocycles. The summed E-state index contributed by atoms with van der Waals surface area (Å²) in [5.74, 6) is 0.637. The Morgan fingerprint density at radius 3 is 2.94 bits per heavy atom. The third-order valence-corrected chi connectivity index (χ3v) is 3.27. The summed E-state index contributed by atoms with van der Waals surface area (Å²) >= 11 is 1.68. The van der Waals surface area contributed by atoms with Crippen molar-refractivity contribution < 1.29 is 4.79 Å². The first-order chi connectivity index (χ1) is 8.24. The summed E-state index contributed by atoms with van der Waals surface area (Å²) in [6.45, 7) is 1.90. The fourth-order valence-corrected chi connectivity index (χ4v) is 2.22. The van der Waals surface area contributed by atoms with E-state index in [-0.39, 0.29) is 5.91 Å². The Labute approximate surface area is 105 Å². The molecule has 0 aliphatic carbocycles. The molecule has 0 saturated carbocycles. The molecular formula is C13H14N2OS. The number of hydrogen-bond acceptors (Lipinski definition) is 3. The lowest BCUT2D eigenvalue weighted by Gasteiger charge is -2.04. The van der Waals surface area contributed by atoms with Crippen LogP contribution in [-0.2, 0) is 11.2 Å². The van der Waals surface area contributed by atoms with E-state index < -0.39 is 0 Å². The van der Waals surface area contributed by atoms with E-state index in [0.29, 0.717) is 12.2 Å². The van der Waals surface area contributed by atoms with Crippen LogP contribution in [-0.4, -0.2) is 10.9 Å². The maximum Gasteiger partial charge on any atom is 0.225 e. The molecule has 4 heteroatoms. The Kier molecular flexibility index (Phi) is 3.88. The van der Waals surface area contributed by atoms with Crippen molar-refractivity contribution in [1.82, 2.24) is 4.98 Å². The lowest BCUT2D eigenvalue weighted by molar-refractivity contribution is -0.116. The first-order valence-corrected chi connectivity index (χ1v) is 6.38. The van der Waals surface area contributed by atoms with Gasteiger partial charge >= 0.3 is 0 Å². The minimum absolute atomic E-state index is 0.0106. The van der Waals surface area contributed by atoms with Gasteiger partial charge in [0.15, 0.2) is 0 Å². The van der Waals surface area contributed by atoms with Crippen molar-refractivity contribution in [1.29, 1.82) is 0 Å². The van der Waals surface area contributed by atoms with E-state index in [0.717, 1.165) is 12.1 Å². The topological polar surface area (TPSA) is 42.0 Å². The number of amides is 1. The van der Waals surface area contributed by atoms with E-state index in [1.807, 2.05) is 36.6 Å². The van der Waals surface area contributed by atoms with Crippen LogP contribution in [0.5, 0.6) is 0 Å². The van der Waals surface area contributed by atoms with Gasteiger partial charge in [-0.05, 0) is 36.9 Å². The molecule has 1 N–H and O–H groups in total. The maximum atomic E-state index is 11.7. The predicted molar refractivity (Wildman–Crippen MR) is 70.2 cm³/mol. The minimum Gasteiger partial charge on any atom is -0.311 e. The molecule has 0 aromatic carbocycles. The number of aromatic nitrogens is 1. The van der Waals surface area contributed by atoms with Crippen LogP contribution >= 0.6 is 11.3 Å². The monoisotopic (exact) mass is 246 g/mol. The second-order valence-electron chi connectivity index (χ2n) is 3.79. The summed E-state index contributed by atoms with van der Waals surface area (Å²) in [7, 11) is 0. The molecule has 2 heterocycles. The molecule has 0 fully saturated rings. The molecule has 0 spiro atoms. The predicted octanol–water partition coefficient (Wildman–Crippen LogP) is 3.02. The van der Waals surface area contributed by atoms with Crippen molar-refractivity contribution in [2.45, 2.75) is 19.8 Å². The molecule has 0 bridgehead atoms. The Hall–Kier alpha value is -1.68. The van der Waals surface area contributed by atoms with Gasteiger partial charge in [-0.25, -0.2) is 4.98 Å². The summed E-state index contributed by atoms with van der Waals surface area (Å²) in [4.78, 5) is 17.1. The van der Waals surface area contributed by atoms with Crippen molar-refractivity contribution >= 4 is 23.1 Å². The van der Waals surface area contributed by atoms with E-state index in [1.165, 1.54) is 4.88 Å². The first-order valence-electron chi connectivity index (χ1n) is 5.50. The Bertz CT molecular complexity index is 494. The molecule has 1 amide bonds. The van der Waals surface area contributed by atoms with Gasteiger partial charge in [-0.1, -0.05) is 12.1 Å². The van der Waals surface area contributed by atoms with E-state index in [1.54, 1.807) is 17.4 Å². The normalized spacial score (nSPS) is 10.2. The van der Waals surface area contributed by atoms with Gasteiger partial charge in [-0.15, -0.1) is 11.3 Å². The molecule has 3 nitrogen and oxygen atoms in total. The third-order valence-electron chi connectivity index (χ3n) is 2.33. The Balaban J connectivity index is 1.85. The molecule has 0 saturated heterocycles. The number of carbonyl (C=O) groups is 1. The zero-order chi connectivity index (χ0) is 12.1. The number of hydrogen-bond donors (Lipinski definition) is 1. The van der Waals surface area contributed by atoms with Crippen LogP contribution in [0, 0.1) is 6.92 Å². The van der Waals surface area contributed by atoms with Crippen LogP contribution in [0.2, 0.25) is 0 Å². The summed E-state index contributed by atoms with van der Waals surface area (Å²) in [5.41, 5.74) is 0.904. The molecule has 0 unspecified atom stereocenters. The van der Waals surface area contributed by atoms with Crippen molar-refractivity contribution in [3.63, 3.8) is 0 Å². The molecule has 0 aliphatic rings. The molecule has 0 atom stereocenters. The summed E-state index contributed by atoms with van der Waals surface area (Å²) in [6, 6.07) is 9.64. The molecule has 17 heavy (non-hydrogen) atoms. The quantitative estimate of drug-likeness (QED) is 0.901. The standard InChI is InChI=1S/C13H14N2OS/c1-10-4-2-6-12(14-10)15-13(16)8-7-11-5-3-9-17-11/h2-6,9H,7-8H2,1H3,(H,14,15,16). The Morgan fingerprint density at radius 2 is 2.24 bits per heavy atom. The summed E-state index contributed by atoms with van der Waals surface area (Å²) in [6.07, 6.45) is 1.28. The number of nitrogens with zero attached hydrogens (tertiary/aromatic N) is 1. The molecule has 0 radical (unpaired) electrons. The molecule has 0 aliphatic heterocycles. The second kappa shape index (κ2) is 5.59. The number of thiophene rings is 1. The highest BCUT2D eigenvalue weighted by molar-refractivity contribution is 7.09. The van der Waals surface area contributed by atoms with Gasteiger partial charge in [0, 0.05) is 17.0 Å². The zero-order valence-electron chi connectivity index (χ0n) is 9.64. The maximum absolute atomic E-state index is 11.7. The van der Waals surface area contributed by atoms with Crippen molar-refractivity contribution in [3.05, 3.63) is 46.3 Å². The average Bonchev–Trinajstić information content (AvgIpc) is 2.79. The number of aryl methyl sites for hydroxylation is 2. The molecule has 2 aromatic rings. The highest BCUT2D eigenvalue weighted by Crippen LogP contribution is 2.11. The van der Waals surface area contributed by atoms with E-state index in [4.69, 9.17) is 0 Å². The fourth-order valence-electron chi connectivity index (χ4n) is 1.51. The Morgan fingerprint density at radius 1 is 1.35 bits per heavy atom. The van der Waals surface area contributed by atoms with Gasteiger partial charge in [-0.3, -0.25) is 4.79 Å². The lowest BCUT2D eigenvalue weighted by atomic mass is 10.2. The number of rotatable bonds is 4. The third kappa shape index (κ3) is 3.67. The van der Waals surface area contributed by atoms with Crippen LogP contribution in [0.4, 0.5) is 5.82 Å². The van der Waals surface area contributed by atoms with Crippen LogP contribution in [0.15, 0.2) is 35.7 Å². The average molecular weight is 246 g/mol. The van der Waals surface area contributed by atoms with Crippen LogP contribution in [0.1, 0.15) is 17.0 Å². The molecule has 2 rings (SSSR count). The van der Waals surface area contributed by atoms with Gasteiger partial charge in [0.25, 0.3) is 0 Å². The van der Waals surface area contributed by atoms with Crippen LogP contribution in [0.3, 0.4) is 0 Å². The van der Waals surface area contributed by atoms with Crippen molar-refractivity contribution in [3.8, 4) is 0 Å². The number of carbonyl (C=O) groups excluding carboxylic acids is 1. The lowest BCUT2D eigenvalue weighted by Crippen LogP contribution is -2.13. The smallest absolute Gasteiger partial charge is 0.225 e. The van der Waals surface area contributed by atoms with Gasteiger partial charge in [-0.2, -0.15) is 0 Å². The van der Waals surface area contributed by atoms with E-state index >= 15 is 0 Å². The first kappa shape index (κ1) is 11.8. The van der Waals surface area contributed by atoms with Crippen LogP contribution < -0.4 is 5.32 Å². The van der Waals surface area contributed by atoms with Gasteiger partial charge in [0.1, 0.15) is 5.82 Å². The largest absolute Gasteiger partial charge is 0.311 e. The van der Waals surface area contributed by atoms with E-state index in [9.17, 15) is 4.79 Å². The highest BCUT2D eigenvalue weighted by atomic mass is 32.1. The van der Waals surface area contributed by atoms with Crippen molar-refractivity contribution in [2.24, 2.45) is 0 Å². The van der Waals surface area contributed by atoms with Crippen molar-refractivity contribution in [2.75, 3.05) is 5.32 Å². The molecule has 88 valence electrons. The highest BCUT2D eigenvalue weighted by Gasteiger charge is 2.04. The number of anilines is 1. The minimum atomic E-state index is 0.0106. The fraction of sp³-hybridized carbons (Fsp3) is 0.231. The summed E-state index contributed by atoms with van der Waals surface area (Å²) < 4.78 is 0. The van der Waals surface area contributed by atoms with E-state index in [2.05, 4.69) is 10.3 Å². The van der Waals surface area contributed by atoms with Crippen LogP contribution in [0.25, 0.3) is 0 Å². The summed E-state index contributed by atoms with van der Waals surface area (Å²) in [5, 5.41) is 4.82. The van der Waals surface area contributed by atoms with Gasteiger partial charge in [0.2, 0.25) is 5.91 Å². The number of pyridine rings is 1. The zero-order valence-corrected chi connectivity index (χ0v) is 10.5. The number of nitrogens with one attached hydrogen (secondary N) is 1. The van der Waals surface area contributed by atoms with Gasteiger partial charge < -0.3 is 5.32 Å². The second-order valence-corrected chi connectivity index (χ2v) is 4.82. The SMILES string of the molecule is Cc1cccc(NC(=O)CCc2cccs2)n1. The van der Waals surface area contributed by atoms with Gasteiger partial charge in [0.05, 0.1) is 0 Å². The molecular weight excluding hydrogens is 232 g/mol.